The van der Waals surface area contributed by atoms with Crippen LogP contribution in [-0.4, -0.2) is 55.6 Å². The summed E-state index contributed by atoms with van der Waals surface area (Å²) in [5.41, 5.74) is 2.76. The van der Waals surface area contributed by atoms with E-state index in [0.717, 1.165) is 43.2 Å². The Bertz CT molecular complexity index is 1040. The average molecular weight is 451 g/mol. The van der Waals surface area contributed by atoms with Gasteiger partial charge in [-0.2, -0.15) is 0 Å². The molecule has 0 aliphatic carbocycles. The van der Waals surface area contributed by atoms with Crippen LogP contribution in [-0.2, 0) is 0 Å². The molecule has 7 heteroatoms. The number of hydrogen-bond donors (Lipinski definition) is 1. The highest BCUT2D eigenvalue weighted by molar-refractivity contribution is 6.30. The molecular formula is C25H27ClN4O2. The molecule has 166 valence electrons. The smallest absolute Gasteiger partial charge is 0.251 e. The number of benzene rings is 2. The van der Waals surface area contributed by atoms with Crippen LogP contribution >= 0.6 is 11.6 Å². The molecule has 0 bridgehead atoms. The topological polar surface area (TPSA) is 57.7 Å². The minimum Gasteiger partial charge on any atom is -0.495 e. The first kappa shape index (κ1) is 22.1. The third-order valence-electron chi connectivity index (χ3n) is 5.79. The molecule has 3 aromatic rings. The Morgan fingerprint density at radius 1 is 1.09 bits per heavy atom. The van der Waals surface area contributed by atoms with Crippen LogP contribution in [0, 0.1) is 0 Å². The fraction of sp³-hybridized carbons (Fsp3) is 0.280. The standard InChI is InChI=1S/C25H27ClN4O2/c1-32-24-10-3-2-9-22(24)29-12-14-30(15-13-29)23(20-7-5-11-27-17-20)18-28-25(31)19-6-4-8-21(26)16-19/h2-11,16-17,23H,12-15,18H2,1H3,(H,28,31)/t23-/m1/s1. The highest BCUT2D eigenvalue weighted by Gasteiger charge is 2.27. The van der Waals surface area contributed by atoms with Crippen molar-refractivity contribution in [3.8, 4) is 5.75 Å². The average Bonchev–Trinajstić information content (AvgIpc) is 2.85. The molecule has 2 heterocycles. The maximum Gasteiger partial charge on any atom is 0.251 e. The van der Waals surface area contributed by atoms with Gasteiger partial charge in [0.2, 0.25) is 0 Å². The maximum atomic E-state index is 12.7. The number of para-hydroxylation sites is 2. The van der Waals surface area contributed by atoms with E-state index >= 15 is 0 Å². The summed E-state index contributed by atoms with van der Waals surface area (Å²) in [6.45, 7) is 3.97. The van der Waals surface area contributed by atoms with E-state index in [-0.39, 0.29) is 11.9 Å². The fourth-order valence-corrected chi connectivity index (χ4v) is 4.31. The number of piperazine rings is 1. The number of hydrogen-bond acceptors (Lipinski definition) is 5. The molecule has 0 radical (unpaired) electrons. The van der Waals surface area contributed by atoms with Crippen molar-refractivity contribution in [2.75, 3.05) is 44.7 Å². The van der Waals surface area contributed by atoms with E-state index in [4.69, 9.17) is 16.3 Å². The van der Waals surface area contributed by atoms with E-state index < -0.39 is 0 Å². The van der Waals surface area contributed by atoms with Gasteiger partial charge in [-0.15, -0.1) is 0 Å². The highest BCUT2D eigenvalue weighted by Crippen LogP contribution is 2.30. The van der Waals surface area contributed by atoms with Gasteiger partial charge in [-0.1, -0.05) is 35.9 Å². The van der Waals surface area contributed by atoms with Crippen LogP contribution in [0.4, 0.5) is 5.69 Å². The Kier molecular flexibility index (Phi) is 7.24. The molecule has 32 heavy (non-hydrogen) atoms. The molecular weight excluding hydrogens is 424 g/mol. The van der Waals surface area contributed by atoms with Crippen LogP contribution in [0.5, 0.6) is 5.75 Å². The summed E-state index contributed by atoms with van der Waals surface area (Å²) in [5, 5.41) is 3.63. The second kappa shape index (κ2) is 10.5. The van der Waals surface area contributed by atoms with Crippen molar-refractivity contribution in [2.45, 2.75) is 6.04 Å². The summed E-state index contributed by atoms with van der Waals surface area (Å²) in [6.07, 6.45) is 3.65. The zero-order chi connectivity index (χ0) is 22.3. The summed E-state index contributed by atoms with van der Waals surface area (Å²) >= 11 is 6.04. The zero-order valence-corrected chi connectivity index (χ0v) is 18.8. The van der Waals surface area contributed by atoms with Gasteiger partial charge in [-0.25, -0.2) is 0 Å². The van der Waals surface area contributed by atoms with Gasteiger partial charge in [0.25, 0.3) is 5.91 Å². The molecule has 1 atom stereocenters. The second-order valence-electron chi connectivity index (χ2n) is 7.72. The second-order valence-corrected chi connectivity index (χ2v) is 8.15. The lowest BCUT2D eigenvalue weighted by Gasteiger charge is -2.40. The molecule has 1 aliphatic heterocycles. The van der Waals surface area contributed by atoms with Crippen LogP contribution in [0.15, 0.2) is 73.1 Å². The predicted molar refractivity (Wildman–Crippen MR) is 128 cm³/mol. The molecule has 2 aromatic carbocycles. The minimum absolute atomic E-state index is 0.0339. The van der Waals surface area contributed by atoms with Crippen molar-refractivity contribution in [3.05, 3.63) is 89.2 Å². The van der Waals surface area contributed by atoms with E-state index in [1.165, 1.54) is 0 Å². The number of pyridine rings is 1. The lowest BCUT2D eigenvalue weighted by molar-refractivity contribution is 0.0930. The number of ether oxygens (including phenoxy) is 1. The van der Waals surface area contributed by atoms with E-state index in [0.29, 0.717) is 17.1 Å². The van der Waals surface area contributed by atoms with Gasteiger partial charge in [0.15, 0.2) is 0 Å². The Morgan fingerprint density at radius 3 is 2.62 bits per heavy atom. The van der Waals surface area contributed by atoms with Gasteiger partial charge in [0, 0.05) is 55.7 Å². The van der Waals surface area contributed by atoms with Crippen LogP contribution in [0.2, 0.25) is 5.02 Å². The van der Waals surface area contributed by atoms with E-state index in [1.807, 2.05) is 30.5 Å². The first-order valence-corrected chi connectivity index (χ1v) is 11.1. The van der Waals surface area contributed by atoms with Crippen molar-refractivity contribution in [2.24, 2.45) is 0 Å². The number of nitrogens with zero attached hydrogens (tertiary/aromatic N) is 3. The molecule has 0 saturated carbocycles. The SMILES string of the molecule is COc1ccccc1N1CCN([C@H](CNC(=O)c2cccc(Cl)c2)c2cccnc2)CC1. The number of anilines is 1. The third-order valence-corrected chi connectivity index (χ3v) is 6.03. The van der Waals surface area contributed by atoms with Crippen molar-refractivity contribution < 1.29 is 9.53 Å². The van der Waals surface area contributed by atoms with Gasteiger partial charge >= 0.3 is 0 Å². The first-order valence-electron chi connectivity index (χ1n) is 10.7. The highest BCUT2D eigenvalue weighted by atomic mass is 35.5. The van der Waals surface area contributed by atoms with Crippen molar-refractivity contribution in [1.82, 2.24) is 15.2 Å². The number of carbonyl (C=O) groups is 1. The van der Waals surface area contributed by atoms with Gasteiger partial charge in [0.1, 0.15) is 5.75 Å². The monoisotopic (exact) mass is 450 g/mol. The largest absolute Gasteiger partial charge is 0.495 e. The Morgan fingerprint density at radius 2 is 1.91 bits per heavy atom. The van der Waals surface area contributed by atoms with Crippen LogP contribution < -0.4 is 15.0 Å². The van der Waals surface area contributed by atoms with Gasteiger partial charge in [-0.3, -0.25) is 14.7 Å². The predicted octanol–water partition coefficient (Wildman–Crippen LogP) is 4.04. The molecule has 0 spiro atoms. The quantitative estimate of drug-likeness (QED) is 0.588. The zero-order valence-electron chi connectivity index (χ0n) is 18.1. The number of halogens is 1. The fourth-order valence-electron chi connectivity index (χ4n) is 4.12. The van der Waals surface area contributed by atoms with Crippen LogP contribution in [0.3, 0.4) is 0 Å². The van der Waals surface area contributed by atoms with Gasteiger partial charge in [-0.05, 0) is 42.0 Å². The van der Waals surface area contributed by atoms with E-state index in [1.54, 1.807) is 37.6 Å². The molecule has 6 nitrogen and oxygen atoms in total. The number of amides is 1. The Labute approximate surface area is 193 Å². The lowest BCUT2D eigenvalue weighted by atomic mass is 10.1. The molecule has 1 aromatic heterocycles. The molecule has 1 fully saturated rings. The summed E-state index contributed by atoms with van der Waals surface area (Å²) in [6, 6.07) is 19.1. The van der Waals surface area contributed by atoms with Crippen molar-refractivity contribution in [3.63, 3.8) is 0 Å². The lowest BCUT2D eigenvalue weighted by Crippen LogP contribution is -2.50. The van der Waals surface area contributed by atoms with Crippen LogP contribution in [0.25, 0.3) is 0 Å². The maximum absolute atomic E-state index is 12.7. The third kappa shape index (κ3) is 5.21. The molecule has 1 amide bonds. The normalized spacial score (nSPS) is 15.2. The summed E-state index contributed by atoms with van der Waals surface area (Å²) in [5.74, 6) is 0.757. The number of carbonyl (C=O) groups excluding carboxylic acids is 1. The Hall–Kier alpha value is -3.09. The summed E-state index contributed by atoms with van der Waals surface area (Å²) in [7, 11) is 1.70. The Balaban J connectivity index is 1.45. The summed E-state index contributed by atoms with van der Waals surface area (Å²) in [4.78, 5) is 21.7. The molecule has 1 N–H and O–H groups in total. The summed E-state index contributed by atoms with van der Waals surface area (Å²) < 4.78 is 5.54. The number of aromatic nitrogens is 1. The van der Waals surface area contributed by atoms with Gasteiger partial charge < -0.3 is 15.0 Å². The van der Waals surface area contributed by atoms with Crippen molar-refractivity contribution >= 4 is 23.2 Å². The van der Waals surface area contributed by atoms with E-state index in [9.17, 15) is 4.79 Å². The number of methoxy groups -OCH3 is 1. The molecule has 4 rings (SSSR count). The molecule has 1 aliphatic rings. The minimum atomic E-state index is -0.131. The van der Waals surface area contributed by atoms with Gasteiger partial charge in [0.05, 0.1) is 18.8 Å². The van der Waals surface area contributed by atoms with E-state index in [2.05, 4.69) is 32.2 Å². The molecule has 0 unspecified atom stereocenters. The molecule has 1 saturated heterocycles. The number of nitrogens with one attached hydrogen (secondary N) is 1. The van der Waals surface area contributed by atoms with Crippen LogP contribution in [0.1, 0.15) is 22.0 Å². The number of rotatable bonds is 7. The first-order chi connectivity index (χ1) is 15.7. The van der Waals surface area contributed by atoms with Crippen molar-refractivity contribution in [1.29, 1.82) is 0 Å².